The van der Waals surface area contributed by atoms with E-state index < -0.39 is 5.82 Å². The average Bonchev–Trinajstić information content (AvgIpc) is 2.94. The Kier molecular flexibility index (Phi) is 2.84. The number of carbonyl (C=O) groups excluding carboxylic acids is 1. The first-order chi connectivity index (χ1) is 8.65. The summed E-state index contributed by atoms with van der Waals surface area (Å²) < 4.78 is 13.3. The third-order valence-corrected chi connectivity index (χ3v) is 4.69. The van der Waals surface area contributed by atoms with Crippen molar-refractivity contribution in [3.8, 4) is 0 Å². The Morgan fingerprint density at radius 3 is 2.83 bits per heavy atom. The highest BCUT2D eigenvalue weighted by molar-refractivity contribution is 6.00. The highest BCUT2D eigenvalue weighted by Gasteiger charge is 2.40. The summed E-state index contributed by atoms with van der Waals surface area (Å²) in [5, 5.41) is 0. The van der Waals surface area contributed by atoms with Gasteiger partial charge in [-0.2, -0.15) is 0 Å². The lowest BCUT2D eigenvalue weighted by molar-refractivity contribution is 0.0945. The van der Waals surface area contributed by atoms with E-state index >= 15 is 0 Å². The fraction of sp³-hybridized carbons (Fsp3) is 0.533. The molecule has 0 aromatic heterocycles. The molecule has 2 bridgehead atoms. The van der Waals surface area contributed by atoms with Gasteiger partial charge in [-0.05, 0) is 49.1 Å². The van der Waals surface area contributed by atoms with Gasteiger partial charge in [-0.25, -0.2) is 4.39 Å². The largest absolute Gasteiger partial charge is 0.396 e. The maximum atomic E-state index is 13.3. The summed E-state index contributed by atoms with van der Waals surface area (Å²) in [6.07, 6.45) is 5.59. The summed E-state index contributed by atoms with van der Waals surface area (Å²) in [7, 11) is 0. The smallest absolute Gasteiger partial charge is 0.165 e. The molecular weight excluding hydrogens is 229 g/mol. The normalized spacial score (nSPS) is 29.7. The first-order valence-corrected chi connectivity index (χ1v) is 6.72. The first kappa shape index (κ1) is 11.7. The Morgan fingerprint density at radius 1 is 1.33 bits per heavy atom. The van der Waals surface area contributed by atoms with Gasteiger partial charge < -0.3 is 5.73 Å². The van der Waals surface area contributed by atoms with Gasteiger partial charge in [0.1, 0.15) is 5.82 Å². The van der Waals surface area contributed by atoms with Gasteiger partial charge in [0, 0.05) is 12.0 Å². The topological polar surface area (TPSA) is 43.1 Å². The van der Waals surface area contributed by atoms with Crippen molar-refractivity contribution in [2.75, 3.05) is 5.73 Å². The van der Waals surface area contributed by atoms with Gasteiger partial charge in [0.15, 0.2) is 5.78 Å². The summed E-state index contributed by atoms with van der Waals surface area (Å²) in [5.41, 5.74) is 6.00. The Balaban J connectivity index is 1.73. The molecule has 3 heteroatoms. The summed E-state index contributed by atoms with van der Waals surface area (Å²) in [6, 6.07) is 4.48. The SMILES string of the molecule is Nc1c(F)cccc1C(=O)CC1CC2CCC1C2. The zero-order valence-electron chi connectivity index (χ0n) is 10.4. The molecule has 2 fully saturated rings. The maximum absolute atomic E-state index is 13.3. The molecular formula is C15H18FNO. The van der Waals surface area contributed by atoms with Gasteiger partial charge >= 0.3 is 0 Å². The average molecular weight is 247 g/mol. The number of Topliss-reactive ketones (excluding diaryl/α,β-unsaturated/α-hetero) is 1. The van der Waals surface area contributed by atoms with Gasteiger partial charge in [0.2, 0.25) is 0 Å². The molecule has 96 valence electrons. The first-order valence-electron chi connectivity index (χ1n) is 6.72. The predicted molar refractivity (Wildman–Crippen MR) is 68.7 cm³/mol. The van der Waals surface area contributed by atoms with Crippen molar-refractivity contribution in [1.29, 1.82) is 0 Å². The number of hydrogen-bond donors (Lipinski definition) is 1. The van der Waals surface area contributed by atoms with E-state index in [9.17, 15) is 9.18 Å². The molecule has 0 amide bonds. The van der Waals surface area contributed by atoms with E-state index in [4.69, 9.17) is 5.73 Å². The molecule has 2 saturated carbocycles. The number of halogens is 1. The van der Waals surface area contributed by atoms with Gasteiger partial charge in [-0.3, -0.25) is 4.79 Å². The van der Waals surface area contributed by atoms with E-state index in [0.29, 0.717) is 23.8 Å². The number of benzene rings is 1. The number of para-hydroxylation sites is 1. The van der Waals surface area contributed by atoms with Crippen LogP contribution in [0.1, 0.15) is 42.5 Å². The summed E-state index contributed by atoms with van der Waals surface area (Å²) in [6.45, 7) is 0. The number of rotatable bonds is 3. The minimum absolute atomic E-state index is 0.00421. The second-order valence-electron chi connectivity index (χ2n) is 5.76. The highest BCUT2D eigenvalue weighted by Crippen LogP contribution is 2.49. The second kappa shape index (κ2) is 4.38. The molecule has 3 atom stereocenters. The number of ketones is 1. The van der Waals surface area contributed by atoms with Crippen molar-refractivity contribution >= 4 is 11.5 Å². The fourth-order valence-corrected chi connectivity index (χ4v) is 3.75. The number of fused-ring (bicyclic) bond motifs is 2. The number of carbonyl (C=O) groups is 1. The fourth-order valence-electron chi connectivity index (χ4n) is 3.75. The highest BCUT2D eigenvalue weighted by atomic mass is 19.1. The van der Waals surface area contributed by atoms with Crippen molar-refractivity contribution in [2.24, 2.45) is 17.8 Å². The lowest BCUT2D eigenvalue weighted by atomic mass is 9.84. The van der Waals surface area contributed by atoms with E-state index in [1.807, 2.05) is 0 Å². The predicted octanol–water partition coefficient (Wildman–Crippen LogP) is 3.42. The number of hydrogen-bond acceptors (Lipinski definition) is 2. The van der Waals surface area contributed by atoms with Crippen LogP contribution in [0.5, 0.6) is 0 Å². The van der Waals surface area contributed by atoms with Crippen LogP contribution in [0, 0.1) is 23.6 Å². The lowest BCUT2D eigenvalue weighted by Gasteiger charge is -2.21. The van der Waals surface area contributed by atoms with Crippen LogP contribution in [0.25, 0.3) is 0 Å². The molecule has 0 spiro atoms. The quantitative estimate of drug-likeness (QED) is 0.657. The Morgan fingerprint density at radius 2 is 2.17 bits per heavy atom. The number of anilines is 1. The van der Waals surface area contributed by atoms with Crippen molar-refractivity contribution in [1.82, 2.24) is 0 Å². The van der Waals surface area contributed by atoms with Gasteiger partial charge in [0.05, 0.1) is 5.69 Å². The zero-order valence-corrected chi connectivity index (χ0v) is 10.4. The van der Waals surface area contributed by atoms with Gasteiger partial charge in [0.25, 0.3) is 0 Å². The molecule has 2 aliphatic rings. The minimum atomic E-state index is -0.492. The molecule has 3 unspecified atom stereocenters. The molecule has 0 heterocycles. The monoisotopic (exact) mass is 247 g/mol. The standard InChI is InChI=1S/C15H18FNO/c16-13-3-1-2-12(15(13)17)14(18)8-11-7-9-4-5-10(11)6-9/h1-3,9-11H,4-8,17H2. The van der Waals surface area contributed by atoms with Gasteiger partial charge in [-0.15, -0.1) is 0 Å². The minimum Gasteiger partial charge on any atom is -0.396 e. The van der Waals surface area contributed by atoms with Crippen molar-refractivity contribution in [3.05, 3.63) is 29.6 Å². The molecule has 0 saturated heterocycles. The molecule has 1 aromatic carbocycles. The van der Waals surface area contributed by atoms with Crippen LogP contribution >= 0.6 is 0 Å². The van der Waals surface area contributed by atoms with E-state index in [1.165, 1.54) is 31.7 Å². The van der Waals surface area contributed by atoms with Crippen molar-refractivity contribution in [3.63, 3.8) is 0 Å². The second-order valence-corrected chi connectivity index (χ2v) is 5.76. The van der Waals surface area contributed by atoms with E-state index in [1.54, 1.807) is 12.1 Å². The van der Waals surface area contributed by atoms with Crippen LogP contribution in [0.15, 0.2) is 18.2 Å². The van der Waals surface area contributed by atoms with Gasteiger partial charge in [-0.1, -0.05) is 12.5 Å². The maximum Gasteiger partial charge on any atom is 0.165 e. The third kappa shape index (κ3) is 1.92. The summed E-state index contributed by atoms with van der Waals surface area (Å²) in [4.78, 5) is 12.2. The number of nitrogen functional groups attached to an aromatic ring is 1. The van der Waals surface area contributed by atoms with Crippen LogP contribution < -0.4 is 5.73 Å². The molecule has 1 aromatic rings. The van der Waals surface area contributed by atoms with E-state index in [-0.39, 0.29) is 11.5 Å². The molecule has 0 radical (unpaired) electrons. The molecule has 2 aliphatic carbocycles. The van der Waals surface area contributed by atoms with Crippen LogP contribution in [-0.2, 0) is 0 Å². The van der Waals surface area contributed by atoms with Crippen LogP contribution in [0.3, 0.4) is 0 Å². The Hall–Kier alpha value is -1.38. The summed E-state index contributed by atoms with van der Waals surface area (Å²) >= 11 is 0. The Labute approximate surface area is 106 Å². The molecule has 3 rings (SSSR count). The third-order valence-electron chi connectivity index (χ3n) is 4.69. The molecule has 2 nitrogen and oxygen atoms in total. The molecule has 0 aliphatic heterocycles. The Bertz CT molecular complexity index is 485. The molecule has 18 heavy (non-hydrogen) atoms. The zero-order chi connectivity index (χ0) is 12.7. The van der Waals surface area contributed by atoms with Crippen molar-refractivity contribution in [2.45, 2.75) is 32.1 Å². The summed E-state index contributed by atoms with van der Waals surface area (Å²) in [5.74, 6) is 1.56. The number of nitrogens with two attached hydrogens (primary N) is 1. The lowest BCUT2D eigenvalue weighted by Crippen LogP contribution is -2.16. The van der Waals surface area contributed by atoms with Crippen LogP contribution in [0.4, 0.5) is 10.1 Å². The van der Waals surface area contributed by atoms with E-state index in [2.05, 4.69) is 0 Å². The molecule has 2 N–H and O–H groups in total. The van der Waals surface area contributed by atoms with Crippen molar-refractivity contribution < 1.29 is 9.18 Å². The van der Waals surface area contributed by atoms with Crippen LogP contribution in [0.2, 0.25) is 0 Å². The van der Waals surface area contributed by atoms with E-state index in [0.717, 1.165) is 5.92 Å². The van der Waals surface area contributed by atoms with Crippen LogP contribution in [-0.4, -0.2) is 5.78 Å².